The van der Waals surface area contributed by atoms with E-state index in [4.69, 9.17) is 5.26 Å². The van der Waals surface area contributed by atoms with E-state index in [1.165, 1.54) is 38.5 Å². The van der Waals surface area contributed by atoms with Crippen LogP contribution in [0.5, 0.6) is 0 Å². The van der Waals surface area contributed by atoms with Crippen LogP contribution in [0.15, 0.2) is 55.0 Å². The fraction of sp³-hybridized carbons (Fsp3) is 0.208. The number of hydrogen-bond acceptors (Lipinski definition) is 7. The summed E-state index contributed by atoms with van der Waals surface area (Å²) in [5, 5.41) is 28.6. The summed E-state index contributed by atoms with van der Waals surface area (Å²) < 4.78 is 29.4. The van der Waals surface area contributed by atoms with Crippen LogP contribution in [-0.2, 0) is 0 Å². The molecular formula is C24H21F2N7O2. The molecule has 0 aromatic carbocycles. The van der Waals surface area contributed by atoms with E-state index in [1.807, 2.05) is 6.07 Å². The van der Waals surface area contributed by atoms with E-state index >= 15 is 0 Å². The van der Waals surface area contributed by atoms with Crippen LogP contribution in [0.4, 0.5) is 20.2 Å². The Balaban J connectivity index is 1.72. The van der Waals surface area contributed by atoms with Gasteiger partial charge >= 0.3 is 0 Å². The molecule has 0 fully saturated rings. The number of anilines is 2. The first-order chi connectivity index (χ1) is 16.7. The number of nitriles is 1. The maximum Gasteiger partial charge on any atom is 0.255 e. The second-order valence-corrected chi connectivity index (χ2v) is 8.35. The number of amides is 1. The third-order valence-electron chi connectivity index (χ3n) is 5.25. The highest BCUT2D eigenvalue weighted by Gasteiger charge is 2.27. The Morgan fingerprint density at radius 3 is 2.74 bits per heavy atom. The van der Waals surface area contributed by atoms with Gasteiger partial charge in [0.2, 0.25) is 5.95 Å². The van der Waals surface area contributed by atoms with Gasteiger partial charge in [0.1, 0.15) is 12.2 Å². The van der Waals surface area contributed by atoms with Crippen molar-refractivity contribution in [2.45, 2.75) is 25.6 Å². The molecule has 178 valence electrons. The summed E-state index contributed by atoms with van der Waals surface area (Å²) in [6.45, 7) is 2.20. The van der Waals surface area contributed by atoms with Crippen molar-refractivity contribution in [2.24, 2.45) is 0 Å². The van der Waals surface area contributed by atoms with Gasteiger partial charge in [-0.25, -0.2) is 13.9 Å². The number of halogens is 2. The zero-order valence-corrected chi connectivity index (χ0v) is 18.8. The number of nitrogens with zero attached hydrogens (tertiary/aromatic N) is 5. The highest BCUT2D eigenvalue weighted by molar-refractivity contribution is 6.00. The first-order valence-corrected chi connectivity index (χ1v) is 10.6. The van der Waals surface area contributed by atoms with Crippen LogP contribution in [0, 0.1) is 17.3 Å². The fourth-order valence-corrected chi connectivity index (χ4v) is 3.30. The van der Waals surface area contributed by atoms with Crippen molar-refractivity contribution in [3.63, 3.8) is 0 Å². The molecule has 0 radical (unpaired) electrons. The molecule has 0 bridgehead atoms. The van der Waals surface area contributed by atoms with Crippen molar-refractivity contribution in [3.05, 3.63) is 72.1 Å². The molecule has 4 rings (SSSR count). The topological polar surface area (TPSA) is 128 Å². The Kier molecular flexibility index (Phi) is 6.40. The number of carbonyl (C=O) groups excluding carboxylic acids is 1. The van der Waals surface area contributed by atoms with E-state index in [0.717, 1.165) is 6.07 Å². The molecule has 0 saturated carbocycles. The van der Waals surface area contributed by atoms with Crippen LogP contribution >= 0.6 is 0 Å². The number of alkyl halides is 1. The largest absolute Gasteiger partial charge is 0.387 e. The van der Waals surface area contributed by atoms with Gasteiger partial charge in [0.15, 0.2) is 0 Å². The Morgan fingerprint density at radius 1 is 1.23 bits per heavy atom. The molecule has 1 atom stereocenters. The lowest BCUT2D eigenvalue weighted by molar-refractivity contribution is -0.00177. The quantitative estimate of drug-likeness (QED) is 0.348. The van der Waals surface area contributed by atoms with Crippen LogP contribution < -0.4 is 10.6 Å². The normalized spacial score (nSPS) is 12.2. The van der Waals surface area contributed by atoms with Gasteiger partial charge in [-0.05, 0) is 44.2 Å². The Bertz CT molecular complexity index is 1440. The highest BCUT2D eigenvalue weighted by Crippen LogP contribution is 2.28. The number of rotatable bonds is 7. The molecule has 4 aromatic heterocycles. The molecule has 0 aliphatic rings. The van der Waals surface area contributed by atoms with Crippen molar-refractivity contribution in [2.75, 3.05) is 11.9 Å². The molecule has 0 aliphatic heterocycles. The molecule has 3 N–H and O–H groups in total. The van der Waals surface area contributed by atoms with Gasteiger partial charge in [0, 0.05) is 24.1 Å². The predicted molar refractivity (Wildman–Crippen MR) is 124 cm³/mol. The van der Waals surface area contributed by atoms with Crippen molar-refractivity contribution in [1.29, 1.82) is 5.26 Å². The molecular weight excluding hydrogens is 456 g/mol. The first kappa shape index (κ1) is 23.7. The minimum absolute atomic E-state index is 0.0782. The fourth-order valence-electron chi connectivity index (χ4n) is 3.30. The molecule has 4 aromatic rings. The van der Waals surface area contributed by atoms with Crippen molar-refractivity contribution in [3.8, 4) is 17.5 Å². The maximum absolute atomic E-state index is 14.2. The molecule has 1 amide bonds. The molecule has 4 heterocycles. The molecule has 9 nitrogen and oxygen atoms in total. The van der Waals surface area contributed by atoms with Gasteiger partial charge < -0.3 is 15.7 Å². The minimum Gasteiger partial charge on any atom is -0.387 e. The van der Waals surface area contributed by atoms with Gasteiger partial charge in [0.05, 0.1) is 52.1 Å². The number of nitrogens with one attached hydrogen (secondary N) is 2. The second kappa shape index (κ2) is 9.44. The zero-order valence-electron chi connectivity index (χ0n) is 18.8. The average molecular weight is 477 g/mol. The van der Waals surface area contributed by atoms with Crippen LogP contribution in [0.2, 0.25) is 0 Å². The van der Waals surface area contributed by atoms with Gasteiger partial charge in [0.25, 0.3) is 5.91 Å². The Labute approximate surface area is 199 Å². The van der Waals surface area contributed by atoms with Crippen LogP contribution in [-0.4, -0.2) is 48.9 Å². The smallest absolute Gasteiger partial charge is 0.255 e. The summed E-state index contributed by atoms with van der Waals surface area (Å²) in [5.74, 6) is -1.35. The third kappa shape index (κ3) is 5.23. The number of carbonyl (C=O) groups is 1. The number of hydrogen-bond donors (Lipinski definition) is 3. The average Bonchev–Trinajstić information content (AvgIpc) is 3.25. The highest BCUT2D eigenvalue weighted by atomic mass is 19.1. The second-order valence-electron chi connectivity index (χ2n) is 8.35. The van der Waals surface area contributed by atoms with E-state index in [9.17, 15) is 18.7 Å². The number of pyridine rings is 2. The van der Waals surface area contributed by atoms with Gasteiger partial charge in [-0.15, -0.1) is 0 Å². The Hall–Kier alpha value is -4.43. The summed E-state index contributed by atoms with van der Waals surface area (Å²) in [7, 11) is 0. The zero-order chi connectivity index (χ0) is 25.2. The lowest BCUT2D eigenvalue weighted by Gasteiger charge is -2.22. The van der Waals surface area contributed by atoms with Crippen molar-refractivity contribution >= 4 is 22.8 Å². The number of fused-ring (bicyclic) bond motifs is 1. The van der Waals surface area contributed by atoms with E-state index in [0.29, 0.717) is 28.2 Å². The molecule has 35 heavy (non-hydrogen) atoms. The lowest BCUT2D eigenvalue weighted by Crippen LogP contribution is -2.42. The number of aromatic nitrogens is 4. The van der Waals surface area contributed by atoms with Gasteiger partial charge in [-0.1, -0.05) is 0 Å². The summed E-state index contributed by atoms with van der Waals surface area (Å²) in [6.07, 6.45) is 2.31. The predicted octanol–water partition coefficient (Wildman–Crippen LogP) is 3.38. The van der Waals surface area contributed by atoms with Gasteiger partial charge in [-0.2, -0.15) is 14.8 Å². The molecule has 1 unspecified atom stereocenters. The molecule has 0 saturated heterocycles. The molecule has 11 heteroatoms. The van der Waals surface area contributed by atoms with Crippen molar-refractivity contribution < 1.29 is 18.7 Å². The van der Waals surface area contributed by atoms with Crippen molar-refractivity contribution in [1.82, 2.24) is 24.9 Å². The summed E-state index contributed by atoms with van der Waals surface area (Å²) in [6, 6.07) is 11.5. The van der Waals surface area contributed by atoms with E-state index in [2.05, 4.69) is 25.7 Å². The first-order valence-electron chi connectivity index (χ1n) is 10.6. The minimum atomic E-state index is -1.69. The monoisotopic (exact) mass is 477 g/mol. The van der Waals surface area contributed by atoms with E-state index in [-0.39, 0.29) is 11.3 Å². The molecule has 0 spiro atoms. The summed E-state index contributed by atoms with van der Waals surface area (Å²) in [4.78, 5) is 20.8. The maximum atomic E-state index is 14.2. The van der Waals surface area contributed by atoms with Gasteiger partial charge in [-0.3, -0.25) is 9.78 Å². The lowest BCUT2D eigenvalue weighted by atomic mass is 10.0. The molecule has 0 aliphatic carbocycles. The SMILES string of the molecule is CC(C)(O)C(F)CNC(=O)c1cnc(-c2ccc3cc(C#N)cnn23)cc1Nc1ccnc(F)c1. The van der Waals surface area contributed by atoms with Crippen LogP contribution in [0.25, 0.3) is 16.9 Å². The standard InChI is InChI=1S/C24H21F2N7O2/c1-24(2,35)21(25)13-30-23(34)17-12-29-19(9-18(17)32-15-5-6-28-22(26)8-15)20-4-3-16-7-14(10-27)11-31-33(16)20/h3-9,11-12,21,35H,13H2,1-2H3,(H,30,34)(H,28,29,32). The van der Waals surface area contributed by atoms with Crippen LogP contribution in [0.1, 0.15) is 29.8 Å². The number of aliphatic hydroxyl groups is 1. The third-order valence-corrected chi connectivity index (χ3v) is 5.25. The van der Waals surface area contributed by atoms with E-state index in [1.54, 1.807) is 28.8 Å². The van der Waals surface area contributed by atoms with E-state index < -0.39 is 30.2 Å². The Morgan fingerprint density at radius 2 is 2.03 bits per heavy atom. The summed E-state index contributed by atoms with van der Waals surface area (Å²) in [5.41, 5.74) is 1.17. The van der Waals surface area contributed by atoms with Crippen LogP contribution in [0.3, 0.4) is 0 Å². The summed E-state index contributed by atoms with van der Waals surface area (Å²) >= 11 is 0.